The van der Waals surface area contributed by atoms with Crippen LogP contribution in [0.5, 0.6) is 11.5 Å². The molecule has 0 aliphatic carbocycles. The molecule has 1 aliphatic rings. The fourth-order valence-electron chi connectivity index (χ4n) is 3.14. The van der Waals surface area contributed by atoms with Crippen LogP contribution in [0.3, 0.4) is 0 Å². The molecule has 0 unspecified atom stereocenters. The summed E-state index contributed by atoms with van der Waals surface area (Å²) in [5.41, 5.74) is 2.53. The molecule has 0 radical (unpaired) electrons. The molecule has 6 heteroatoms. The van der Waals surface area contributed by atoms with Crippen LogP contribution in [0.15, 0.2) is 42.5 Å². The van der Waals surface area contributed by atoms with Crippen LogP contribution in [-0.2, 0) is 6.54 Å². The lowest BCUT2D eigenvalue weighted by atomic mass is 10.1. The molecule has 1 amide bonds. The number of nitrogens with one attached hydrogen (secondary N) is 2. The summed E-state index contributed by atoms with van der Waals surface area (Å²) in [5, 5.41) is 6.55. The second-order valence-corrected chi connectivity index (χ2v) is 7.67. The van der Waals surface area contributed by atoms with Gasteiger partial charge in [0.2, 0.25) is 0 Å². The lowest BCUT2D eigenvalue weighted by molar-refractivity contribution is 0.0951. The van der Waals surface area contributed by atoms with Gasteiger partial charge in [0.1, 0.15) is 0 Å². The Hall–Kier alpha value is -2.34. The molecule has 0 saturated carbocycles. The van der Waals surface area contributed by atoms with Crippen molar-refractivity contribution in [3.63, 3.8) is 0 Å². The third-order valence-corrected chi connectivity index (χ3v) is 5.70. The number of anilines is 1. The highest BCUT2D eigenvalue weighted by Gasteiger charge is 2.17. The van der Waals surface area contributed by atoms with Crippen LogP contribution >= 0.6 is 11.8 Å². The number of benzene rings is 2. The number of rotatable bonds is 7. The summed E-state index contributed by atoms with van der Waals surface area (Å²) in [5.74, 6) is 3.59. The van der Waals surface area contributed by atoms with Crippen molar-refractivity contribution in [2.45, 2.75) is 25.4 Å². The summed E-state index contributed by atoms with van der Waals surface area (Å²) < 4.78 is 10.6. The minimum Gasteiger partial charge on any atom is -0.493 e. The minimum absolute atomic E-state index is 0.0851. The largest absolute Gasteiger partial charge is 0.493 e. The Bertz CT molecular complexity index is 776. The van der Waals surface area contributed by atoms with Crippen LogP contribution in [0, 0.1) is 0 Å². The van der Waals surface area contributed by atoms with Gasteiger partial charge in [0.05, 0.1) is 19.8 Å². The van der Waals surface area contributed by atoms with Gasteiger partial charge in [0, 0.05) is 18.3 Å². The number of hydrogen-bond acceptors (Lipinski definition) is 5. The molecule has 0 aromatic heterocycles. The fourth-order valence-corrected chi connectivity index (χ4v) is 4.24. The maximum Gasteiger partial charge on any atom is 0.253 e. The summed E-state index contributed by atoms with van der Waals surface area (Å²) in [6, 6.07) is 13.8. The molecular weight excluding hydrogens is 360 g/mol. The first-order valence-corrected chi connectivity index (χ1v) is 10.3. The Balaban J connectivity index is 1.66. The standard InChI is InChI=1S/C21H26N2O3S/c1-25-19-8-7-15(13-20(19)26-2)14-22-21(24)17-5-3-4-6-18(17)23-16-9-11-27-12-10-16/h3-8,13,16,23H,9-12,14H2,1-2H3,(H,22,24). The molecule has 1 fully saturated rings. The van der Waals surface area contributed by atoms with Gasteiger partial charge >= 0.3 is 0 Å². The topological polar surface area (TPSA) is 59.6 Å². The van der Waals surface area contributed by atoms with E-state index in [1.54, 1.807) is 14.2 Å². The van der Waals surface area contributed by atoms with E-state index in [1.165, 1.54) is 11.5 Å². The Morgan fingerprint density at radius 2 is 1.81 bits per heavy atom. The van der Waals surface area contributed by atoms with Crippen molar-refractivity contribution in [3.05, 3.63) is 53.6 Å². The summed E-state index contributed by atoms with van der Waals surface area (Å²) in [7, 11) is 3.21. The molecule has 1 aliphatic heterocycles. The van der Waals surface area contributed by atoms with E-state index in [2.05, 4.69) is 10.6 Å². The van der Waals surface area contributed by atoms with Gasteiger partial charge in [-0.1, -0.05) is 18.2 Å². The first-order chi connectivity index (χ1) is 13.2. The van der Waals surface area contributed by atoms with Gasteiger partial charge in [-0.15, -0.1) is 0 Å². The summed E-state index contributed by atoms with van der Waals surface area (Å²) in [6.45, 7) is 0.424. The third-order valence-electron chi connectivity index (χ3n) is 4.65. The Morgan fingerprint density at radius 1 is 1.07 bits per heavy atom. The highest BCUT2D eigenvalue weighted by Crippen LogP contribution is 2.27. The molecule has 2 N–H and O–H groups in total. The van der Waals surface area contributed by atoms with Crippen LogP contribution in [-0.4, -0.2) is 37.7 Å². The molecular formula is C21H26N2O3S. The van der Waals surface area contributed by atoms with Gasteiger partial charge in [-0.25, -0.2) is 0 Å². The monoisotopic (exact) mass is 386 g/mol. The molecule has 1 saturated heterocycles. The predicted molar refractivity (Wildman–Crippen MR) is 111 cm³/mol. The molecule has 1 heterocycles. The zero-order valence-corrected chi connectivity index (χ0v) is 16.6. The van der Waals surface area contributed by atoms with Gasteiger partial charge in [-0.05, 0) is 54.2 Å². The van der Waals surface area contributed by atoms with Crippen molar-refractivity contribution < 1.29 is 14.3 Å². The van der Waals surface area contributed by atoms with Gasteiger partial charge in [-0.3, -0.25) is 4.79 Å². The molecule has 5 nitrogen and oxygen atoms in total. The van der Waals surface area contributed by atoms with E-state index in [-0.39, 0.29) is 5.91 Å². The summed E-state index contributed by atoms with van der Waals surface area (Å²) >= 11 is 1.99. The first kappa shape index (κ1) is 19.4. The molecule has 0 bridgehead atoms. The quantitative estimate of drug-likeness (QED) is 0.755. The highest BCUT2D eigenvalue weighted by molar-refractivity contribution is 7.99. The Labute approximate surface area is 164 Å². The third kappa shape index (κ3) is 5.10. The highest BCUT2D eigenvalue weighted by atomic mass is 32.2. The lowest BCUT2D eigenvalue weighted by Gasteiger charge is -2.24. The predicted octanol–water partition coefficient (Wildman–Crippen LogP) is 3.94. The Morgan fingerprint density at radius 3 is 2.56 bits per heavy atom. The average Bonchev–Trinajstić information content (AvgIpc) is 2.73. The van der Waals surface area contributed by atoms with Gasteiger partial charge in [0.15, 0.2) is 11.5 Å². The van der Waals surface area contributed by atoms with Crippen LogP contribution in [0.4, 0.5) is 5.69 Å². The van der Waals surface area contributed by atoms with Crippen LogP contribution in [0.1, 0.15) is 28.8 Å². The lowest BCUT2D eigenvalue weighted by Crippen LogP contribution is -2.28. The summed E-state index contributed by atoms with van der Waals surface area (Å²) in [4.78, 5) is 12.7. The zero-order valence-electron chi connectivity index (χ0n) is 15.8. The fraction of sp³-hybridized carbons (Fsp3) is 0.381. The van der Waals surface area contributed by atoms with E-state index in [4.69, 9.17) is 9.47 Å². The van der Waals surface area contributed by atoms with Crippen molar-refractivity contribution in [2.24, 2.45) is 0 Å². The molecule has 27 heavy (non-hydrogen) atoms. The van der Waals surface area contributed by atoms with E-state index in [9.17, 15) is 4.79 Å². The molecule has 3 rings (SSSR count). The maximum absolute atomic E-state index is 12.7. The minimum atomic E-state index is -0.0851. The molecule has 0 atom stereocenters. The van der Waals surface area contributed by atoms with Crippen molar-refractivity contribution in [2.75, 3.05) is 31.0 Å². The number of thioether (sulfide) groups is 1. The second-order valence-electron chi connectivity index (χ2n) is 6.45. The number of methoxy groups -OCH3 is 2. The maximum atomic E-state index is 12.7. The van der Waals surface area contributed by atoms with Crippen molar-refractivity contribution in [1.29, 1.82) is 0 Å². The van der Waals surface area contributed by atoms with E-state index >= 15 is 0 Å². The summed E-state index contributed by atoms with van der Waals surface area (Å²) in [6.07, 6.45) is 2.26. The van der Waals surface area contributed by atoms with Crippen molar-refractivity contribution in [3.8, 4) is 11.5 Å². The van der Waals surface area contributed by atoms with Crippen molar-refractivity contribution >= 4 is 23.4 Å². The number of ether oxygens (including phenoxy) is 2. The normalized spacial score (nSPS) is 14.4. The van der Waals surface area contributed by atoms with E-state index in [0.717, 1.165) is 24.1 Å². The van der Waals surface area contributed by atoms with Crippen LogP contribution < -0.4 is 20.1 Å². The van der Waals surface area contributed by atoms with Gasteiger partial charge < -0.3 is 20.1 Å². The number of carbonyl (C=O) groups is 1. The SMILES string of the molecule is COc1ccc(CNC(=O)c2ccccc2NC2CCSCC2)cc1OC. The van der Waals surface area contributed by atoms with E-state index in [1.807, 2.05) is 54.2 Å². The molecule has 0 spiro atoms. The smallest absolute Gasteiger partial charge is 0.253 e. The van der Waals surface area contributed by atoms with Crippen LogP contribution in [0.2, 0.25) is 0 Å². The second kappa shape index (κ2) is 9.55. The number of para-hydroxylation sites is 1. The molecule has 2 aromatic carbocycles. The van der Waals surface area contributed by atoms with Gasteiger partial charge in [0.25, 0.3) is 5.91 Å². The number of amides is 1. The first-order valence-electron chi connectivity index (χ1n) is 9.13. The van der Waals surface area contributed by atoms with Crippen LogP contribution in [0.25, 0.3) is 0 Å². The molecule has 2 aromatic rings. The van der Waals surface area contributed by atoms with Crippen molar-refractivity contribution in [1.82, 2.24) is 5.32 Å². The Kier molecular flexibility index (Phi) is 6.87. The van der Waals surface area contributed by atoms with E-state index < -0.39 is 0 Å². The van der Waals surface area contributed by atoms with E-state index in [0.29, 0.717) is 29.6 Å². The number of carbonyl (C=O) groups excluding carboxylic acids is 1. The van der Waals surface area contributed by atoms with Gasteiger partial charge in [-0.2, -0.15) is 11.8 Å². The number of hydrogen-bond donors (Lipinski definition) is 2. The zero-order chi connectivity index (χ0) is 19.1. The average molecular weight is 387 g/mol. The molecule has 144 valence electrons.